The minimum atomic E-state index is -1.09. The predicted molar refractivity (Wildman–Crippen MR) is 55.3 cm³/mol. The van der Waals surface area contributed by atoms with Crippen LogP contribution in [0.2, 0.25) is 0 Å². The van der Waals surface area contributed by atoms with Crippen LogP contribution in [0.25, 0.3) is 0 Å². The lowest BCUT2D eigenvalue weighted by atomic mass is 10.2. The number of ether oxygens (including phenoxy) is 1. The lowest BCUT2D eigenvalue weighted by molar-refractivity contribution is -0.144. The second-order valence-corrected chi connectivity index (χ2v) is 3.41. The van der Waals surface area contributed by atoms with Crippen molar-refractivity contribution in [3.05, 3.63) is 0 Å². The van der Waals surface area contributed by atoms with Crippen LogP contribution in [0.1, 0.15) is 39.0 Å². The van der Waals surface area contributed by atoms with E-state index >= 15 is 0 Å². The highest BCUT2D eigenvalue weighted by Crippen LogP contribution is 2.00. The molecule has 0 bridgehead atoms. The highest BCUT2D eigenvalue weighted by Gasteiger charge is 2.13. The van der Waals surface area contributed by atoms with Gasteiger partial charge in [0.15, 0.2) is 0 Å². The van der Waals surface area contributed by atoms with E-state index in [1.54, 1.807) is 0 Å². The number of nitrogens with two attached hydrogens (primary N) is 1. The SMILES string of the molecule is CCCCCOC(=O)CCC(N)C(=O)O. The molecule has 0 aliphatic carbocycles. The summed E-state index contributed by atoms with van der Waals surface area (Å²) in [6, 6.07) is -0.979. The van der Waals surface area contributed by atoms with Gasteiger partial charge in [-0.25, -0.2) is 0 Å². The summed E-state index contributed by atoms with van der Waals surface area (Å²) < 4.78 is 4.89. The number of esters is 1. The maximum atomic E-state index is 11.1. The summed E-state index contributed by atoms with van der Waals surface area (Å²) >= 11 is 0. The van der Waals surface area contributed by atoms with Gasteiger partial charge < -0.3 is 15.6 Å². The Morgan fingerprint density at radius 1 is 1.40 bits per heavy atom. The van der Waals surface area contributed by atoms with Crippen LogP contribution in [0.15, 0.2) is 0 Å². The number of unbranched alkanes of at least 4 members (excludes halogenated alkanes) is 2. The Morgan fingerprint density at radius 3 is 2.60 bits per heavy atom. The Balaban J connectivity index is 3.45. The topological polar surface area (TPSA) is 89.6 Å². The molecule has 0 heterocycles. The summed E-state index contributed by atoms with van der Waals surface area (Å²) in [7, 11) is 0. The molecule has 5 nitrogen and oxygen atoms in total. The first-order chi connectivity index (χ1) is 7.07. The molecule has 0 aromatic rings. The average molecular weight is 217 g/mol. The third kappa shape index (κ3) is 7.93. The Kier molecular flexibility index (Phi) is 7.62. The van der Waals surface area contributed by atoms with Gasteiger partial charge in [-0.2, -0.15) is 0 Å². The first-order valence-electron chi connectivity index (χ1n) is 5.22. The van der Waals surface area contributed by atoms with E-state index in [1.165, 1.54) is 0 Å². The minimum absolute atomic E-state index is 0.0690. The summed E-state index contributed by atoms with van der Waals surface area (Å²) in [6.45, 7) is 2.47. The second-order valence-electron chi connectivity index (χ2n) is 3.41. The summed E-state index contributed by atoms with van der Waals surface area (Å²) in [5.41, 5.74) is 5.23. The van der Waals surface area contributed by atoms with Crippen molar-refractivity contribution < 1.29 is 19.4 Å². The van der Waals surface area contributed by atoms with Gasteiger partial charge in [-0.1, -0.05) is 19.8 Å². The lowest BCUT2D eigenvalue weighted by Crippen LogP contribution is -2.30. The van der Waals surface area contributed by atoms with Crippen molar-refractivity contribution in [1.29, 1.82) is 0 Å². The van der Waals surface area contributed by atoms with Gasteiger partial charge in [0.05, 0.1) is 6.61 Å². The molecule has 0 spiro atoms. The monoisotopic (exact) mass is 217 g/mol. The molecule has 5 heteroatoms. The molecule has 0 fully saturated rings. The number of carboxylic acid groups (broad SMARTS) is 1. The van der Waals surface area contributed by atoms with E-state index in [9.17, 15) is 9.59 Å². The van der Waals surface area contributed by atoms with Gasteiger partial charge in [-0.3, -0.25) is 9.59 Å². The lowest BCUT2D eigenvalue weighted by Gasteiger charge is -2.06. The Morgan fingerprint density at radius 2 is 2.07 bits per heavy atom. The van der Waals surface area contributed by atoms with Crippen LogP contribution >= 0.6 is 0 Å². The van der Waals surface area contributed by atoms with Crippen molar-refractivity contribution in [3.63, 3.8) is 0 Å². The molecular weight excluding hydrogens is 198 g/mol. The summed E-state index contributed by atoms with van der Waals surface area (Å²) in [5, 5.41) is 8.46. The zero-order valence-corrected chi connectivity index (χ0v) is 9.07. The fraction of sp³-hybridized carbons (Fsp3) is 0.800. The molecule has 0 rings (SSSR count). The van der Waals surface area contributed by atoms with E-state index in [0.717, 1.165) is 19.3 Å². The number of rotatable bonds is 8. The molecule has 15 heavy (non-hydrogen) atoms. The van der Waals surface area contributed by atoms with E-state index in [0.29, 0.717) is 6.61 Å². The van der Waals surface area contributed by atoms with Crippen molar-refractivity contribution in [1.82, 2.24) is 0 Å². The summed E-state index contributed by atoms with van der Waals surface area (Å²) in [5.74, 6) is -1.46. The van der Waals surface area contributed by atoms with Crippen LogP contribution in [0.3, 0.4) is 0 Å². The van der Waals surface area contributed by atoms with Crippen LogP contribution in [0.5, 0.6) is 0 Å². The van der Waals surface area contributed by atoms with Crippen LogP contribution < -0.4 is 5.73 Å². The maximum absolute atomic E-state index is 11.1. The standard InChI is InChI=1S/C10H19NO4/c1-2-3-4-7-15-9(12)6-5-8(11)10(13)14/h8H,2-7,11H2,1H3,(H,13,14). The normalized spacial score (nSPS) is 12.1. The van der Waals surface area contributed by atoms with Gasteiger partial charge in [-0.15, -0.1) is 0 Å². The number of carboxylic acids is 1. The van der Waals surface area contributed by atoms with E-state index in [1.807, 2.05) is 0 Å². The van der Waals surface area contributed by atoms with E-state index in [4.69, 9.17) is 15.6 Å². The van der Waals surface area contributed by atoms with E-state index in [2.05, 4.69) is 6.92 Å². The third-order valence-corrected chi connectivity index (χ3v) is 1.99. The molecule has 0 aromatic heterocycles. The highest BCUT2D eigenvalue weighted by atomic mass is 16.5. The van der Waals surface area contributed by atoms with Crippen molar-refractivity contribution in [2.24, 2.45) is 5.73 Å². The first-order valence-corrected chi connectivity index (χ1v) is 5.22. The largest absolute Gasteiger partial charge is 0.480 e. The van der Waals surface area contributed by atoms with Gasteiger partial charge in [0.25, 0.3) is 0 Å². The average Bonchev–Trinajstić information content (AvgIpc) is 2.20. The smallest absolute Gasteiger partial charge is 0.320 e. The van der Waals surface area contributed by atoms with Gasteiger partial charge in [0, 0.05) is 6.42 Å². The van der Waals surface area contributed by atoms with Crippen molar-refractivity contribution in [2.45, 2.75) is 45.1 Å². The van der Waals surface area contributed by atoms with Crippen molar-refractivity contribution >= 4 is 11.9 Å². The number of hydrogen-bond acceptors (Lipinski definition) is 4. The van der Waals surface area contributed by atoms with Crippen LogP contribution in [0, 0.1) is 0 Å². The quantitative estimate of drug-likeness (QED) is 0.466. The molecular formula is C10H19NO4. The third-order valence-electron chi connectivity index (χ3n) is 1.99. The molecule has 0 radical (unpaired) electrons. The first kappa shape index (κ1) is 13.9. The number of carbonyl (C=O) groups is 2. The van der Waals surface area contributed by atoms with Gasteiger partial charge >= 0.3 is 11.9 Å². The Labute approximate surface area is 89.6 Å². The highest BCUT2D eigenvalue weighted by molar-refractivity contribution is 5.75. The van der Waals surface area contributed by atoms with Gasteiger partial charge in [-0.05, 0) is 12.8 Å². The molecule has 0 aliphatic heterocycles. The van der Waals surface area contributed by atoms with Crippen molar-refractivity contribution in [3.8, 4) is 0 Å². The van der Waals surface area contributed by atoms with E-state index < -0.39 is 12.0 Å². The Bertz CT molecular complexity index is 206. The molecule has 1 unspecified atom stereocenters. The fourth-order valence-corrected chi connectivity index (χ4v) is 1.01. The Hall–Kier alpha value is -1.10. The van der Waals surface area contributed by atoms with Crippen LogP contribution in [-0.4, -0.2) is 29.7 Å². The van der Waals surface area contributed by atoms with Gasteiger partial charge in [0.1, 0.15) is 6.04 Å². The molecule has 0 saturated carbocycles. The van der Waals surface area contributed by atoms with E-state index in [-0.39, 0.29) is 18.8 Å². The minimum Gasteiger partial charge on any atom is -0.480 e. The van der Waals surface area contributed by atoms with Crippen LogP contribution in [0.4, 0.5) is 0 Å². The summed E-state index contributed by atoms with van der Waals surface area (Å²) in [6.07, 6.45) is 3.15. The molecule has 1 atom stereocenters. The predicted octanol–water partition coefficient (Wildman–Crippen LogP) is 0.912. The maximum Gasteiger partial charge on any atom is 0.320 e. The van der Waals surface area contributed by atoms with Crippen molar-refractivity contribution in [2.75, 3.05) is 6.61 Å². The second kappa shape index (κ2) is 8.23. The molecule has 0 aliphatic rings. The molecule has 0 saturated heterocycles. The molecule has 0 aromatic carbocycles. The van der Waals surface area contributed by atoms with Gasteiger partial charge in [0.2, 0.25) is 0 Å². The fourth-order valence-electron chi connectivity index (χ4n) is 1.01. The molecule has 88 valence electrons. The number of hydrogen-bond donors (Lipinski definition) is 2. The zero-order chi connectivity index (χ0) is 11.7. The summed E-state index contributed by atoms with van der Waals surface area (Å²) in [4.78, 5) is 21.4. The van der Waals surface area contributed by atoms with Crippen LogP contribution in [-0.2, 0) is 14.3 Å². The molecule has 3 N–H and O–H groups in total. The molecule has 0 amide bonds. The number of aliphatic carboxylic acids is 1. The zero-order valence-electron chi connectivity index (χ0n) is 9.07. The number of carbonyl (C=O) groups excluding carboxylic acids is 1.